The lowest BCUT2D eigenvalue weighted by molar-refractivity contribution is 0.354. The van der Waals surface area contributed by atoms with Crippen LogP contribution in [0.2, 0.25) is 0 Å². The second kappa shape index (κ2) is 7.27. The molecule has 2 aromatic rings. The van der Waals surface area contributed by atoms with E-state index in [0.717, 1.165) is 10.0 Å². The Hall–Kier alpha value is -1.07. The van der Waals surface area contributed by atoms with Crippen LogP contribution in [-0.4, -0.2) is 14.2 Å². The highest BCUT2D eigenvalue weighted by Crippen LogP contribution is 2.34. The third-order valence-electron chi connectivity index (χ3n) is 3.16. The summed E-state index contributed by atoms with van der Waals surface area (Å²) in [6.07, 6.45) is 0.647. The maximum absolute atomic E-state index is 13.9. The van der Waals surface area contributed by atoms with Crippen LogP contribution in [-0.2, 0) is 6.42 Å². The van der Waals surface area contributed by atoms with Gasteiger partial charge < -0.3 is 9.47 Å². The second-order valence-corrected chi connectivity index (χ2v) is 6.55. The number of hydrogen-bond donors (Lipinski definition) is 0. The molecule has 0 N–H and O–H groups in total. The van der Waals surface area contributed by atoms with E-state index in [-0.39, 0.29) is 10.6 Å². The normalized spacial score (nSPS) is 12.0. The fourth-order valence-corrected chi connectivity index (χ4v) is 3.18. The van der Waals surface area contributed by atoms with Crippen molar-refractivity contribution >= 4 is 31.9 Å². The zero-order valence-corrected chi connectivity index (χ0v) is 14.9. The molecule has 0 fully saturated rings. The first-order valence-electron chi connectivity index (χ1n) is 6.35. The van der Waals surface area contributed by atoms with E-state index in [1.807, 2.05) is 18.2 Å². The Morgan fingerprint density at radius 1 is 1.05 bits per heavy atom. The van der Waals surface area contributed by atoms with Crippen molar-refractivity contribution in [3.8, 4) is 11.5 Å². The standard InChI is InChI=1S/C16H15Br2FO2/c1-20-15-6-3-10(8-16(15)21-2)7-13(18)12-9-11(17)4-5-14(12)19/h3-6,8-9,13H,7H2,1-2H3. The van der Waals surface area contributed by atoms with E-state index in [9.17, 15) is 4.39 Å². The van der Waals surface area contributed by atoms with E-state index in [1.54, 1.807) is 26.4 Å². The predicted molar refractivity (Wildman–Crippen MR) is 89.0 cm³/mol. The van der Waals surface area contributed by atoms with E-state index >= 15 is 0 Å². The molecule has 0 saturated carbocycles. The van der Waals surface area contributed by atoms with Crippen LogP contribution in [0.4, 0.5) is 4.39 Å². The summed E-state index contributed by atoms with van der Waals surface area (Å²) in [5.41, 5.74) is 1.66. The fourth-order valence-electron chi connectivity index (χ4n) is 2.08. The average Bonchev–Trinajstić information content (AvgIpc) is 2.49. The molecule has 112 valence electrons. The lowest BCUT2D eigenvalue weighted by atomic mass is 10.0. The Balaban J connectivity index is 2.23. The van der Waals surface area contributed by atoms with Gasteiger partial charge in [-0.3, -0.25) is 0 Å². The van der Waals surface area contributed by atoms with E-state index in [4.69, 9.17) is 9.47 Å². The van der Waals surface area contributed by atoms with Crippen molar-refractivity contribution in [2.24, 2.45) is 0 Å². The van der Waals surface area contributed by atoms with Crippen molar-refractivity contribution in [1.29, 1.82) is 0 Å². The van der Waals surface area contributed by atoms with Gasteiger partial charge in [0.1, 0.15) is 5.82 Å². The molecule has 0 spiro atoms. The maximum atomic E-state index is 13.9. The molecule has 2 nitrogen and oxygen atoms in total. The minimum absolute atomic E-state index is 0.117. The minimum atomic E-state index is -0.222. The van der Waals surface area contributed by atoms with Crippen LogP contribution in [0.5, 0.6) is 11.5 Å². The van der Waals surface area contributed by atoms with Gasteiger partial charge in [0.2, 0.25) is 0 Å². The Labute approximate surface area is 140 Å². The second-order valence-electron chi connectivity index (χ2n) is 4.53. The van der Waals surface area contributed by atoms with E-state index in [0.29, 0.717) is 23.5 Å². The summed E-state index contributed by atoms with van der Waals surface area (Å²) in [6.45, 7) is 0. The smallest absolute Gasteiger partial charge is 0.160 e. The summed E-state index contributed by atoms with van der Waals surface area (Å²) in [4.78, 5) is -0.117. The molecule has 2 aromatic carbocycles. The van der Waals surface area contributed by atoms with Gasteiger partial charge in [-0.25, -0.2) is 4.39 Å². The Morgan fingerprint density at radius 3 is 2.43 bits per heavy atom. The van der Waals surface area contributed by atoms with Gasteiger partial charge in [0.25, 0.3) is 0 Å². The van der Waals surface area contributed by atoms with Crippen LogP contribution in [0.3, 0.4) is 0 Å². The number of alkyl halides is 1. The average molecular weight is 418 g/mol. The van der Waals surface area contributed by atoms with Crippen molar-refractivity contribution in [1.82, 2.24) is 0 Å². The van der Waals surface area contributed by atoms with E-state index in [2.05, 4.69) is 31.9 Å². The molecular formula is C16H15Br2FO2. The van der Waals surface area contributed by atoms with Crippen molar-refractivity contribution in [2.45, 2.75) is 11.2 Å². The number of ether oxygens (including phenoxy) is 2. The van der Waals surface area contributed by atoms with Crippen molar-refractivity contribution in [3.63, 3.8) is 0 Å². The highest BCUT2D eigenvalue weighted by atomic mass is 79.9. The highest BCUT2D eigenvalue weighted by Gasteiger charge is 2.15. The molecule has 0 saturated heterocycles. The first-order chi connectivity index (χ1) is 10.0. The lowest BCUT2D eigenvalue weighted by Crippen LogP contribution is -2.00. The summed E-state index contributed by atoms with van der Waals surface area (Å²) in [5.74, 6) is 1.13. The Bertz CT molecular complexity index is 632. The molecule has 21 heavy (non-hydrogen) atoms. The van der Waals surface area contributed by atoms with Gasteiger partial charge >= 0.3 is 0 Å². The first kappa shape index (κ1) is 16.3. The van der Waals surface area contributed by atoms with Crippen LogP contribution in [0.25, 0.3) is 0 Å². The largest absolute Gasteiger partial charge is 0.493 e. The maximum Gasteiger partial charge on any atom is 0.160 e. The number of benzene rings is 2. The molecule has 0 aliphatic rings. The van der Waals surface area contributed by atoms with Crippen molar-refractivity contribution < 1.29 is 13.9 Å². The third-order valence-corrected chi connectivity index (χ3v) is 4.47. The number of halogens is 3. The van der Waals surface area contributed by atoms with Crippen LogP contribution < -0.4 is 9.47 Å². The van der Waals surface area contributed by atoms with Crippen LogP contribution >= 0.6 is 31.9 Å². The monoisotopic (exact) mass is 416 g/mol. The van der Waals surface area contributed by atoms with Gasteiger partial charge in [-0.1, -0.05) is 37.9 Å². The lowest BCUT2D eigenvalue weighted by Gasteiger charge is -2.14. The van der Waals surface area contributed by atoms with Crippen molar-refractivity contribution in [3.05, 3.63) is 57.8 Å². The Kier molecular flexibility index (Phi) is 5.65. The third kappa shape index (κ3) is 3.98. The molecular weight excluding hydrogens is 403 g/mol. The molecule has 5 heteroatoms. The summed E-state index contributed by atoms with van der Waals surface area (Å²) < 4.78 is 25.2. The van der Waals surface area contributed by atoms with Crippen LogP contribution in [0.1, 0.15) is 16.0 Å². The van der Waals surface area contributed by atoms with Gasteiger partial charge in [0.05, 0.1) is 14.2 Å². The molecule has 2 rings (SSSR count). The van der Waals surface area contributed by atoms with E-state index < -0.39 is 0 Å². The molecule has 1 unspecified atom stereocenters. The molecule has 0 aromatic heterocycles. The summed E-state index contributed by atoms with van der Waals surface area (Å²) in [5, 5.41) is 0. The van der Waals surface area contributed by atoms with Gasteiger partial charge in [-0.15, -0.1) is 0 Å². The topological polar surface area (TPSA) is 18.5 Å². The van der Waals surface area contributed by atoms with Gasteiger partial charge in [0.15, 0.2) is 11.5 Å². The molecule has 0 aliphatic heterocycles. The number of methoxy groups -OCH3 is 2. The fraction of sp³-hybridized carbons (Fsp3) is 0.250. The highest BCUT2D eigenvalue weighted by molar-refractivity contribution is 9.10. The summed E-state index contributed by atoms with van der Waals surface area (Å²) in [7, 11) is 3.20. The SMILES string of the molecule is COc1ccc(CC(Br)c2cc(Br)ccc2F)cc1OC. The van der Waals surface area contributed by atoms with Crippen molar-refractivity contribution in [2.75, 3.05) is 14.2 Å². The predicted octanol–water partition coefficient (Wildman–Crippen LogP) is 5.28. The van der Waals surface area contributed by atoms with E-state index in [1.165, 1.54) is 6.07 Å². The van der Waals surface area contributed by atoms with Crippen LogP contribution in [0, 0.1) is 5.82 Å². The molecule has 1 atom stereocenters. The molecule has 0 heterocycles. The molecule has 0 aliphatic carbocycles. The minimum Gasteiger partial charge on any atom is -0.493 e. The first-order valence-corrected chi connectivity index (χ1v) is 8.06. The van der Waals surface area contributed by atoms with Gasteiger partial charge in [-0.2, -0.15) is 0 Å². The molecule has 0 bridgehead atoms. The quantitative estimate of drug-likeness (QED) is 0.615. The van der Waals surface area contributed by atoms with Gasteiger partial charge in [-0.05, 0) is 42.3 Å². The number of hydrogen-bond acceptors (Lipinski definition) is 2. The van der Waals surface area contributed by atoms with Crippen LogP contribution in [0.15, 0.2) is 40.9 Å². The molecule has 0 radical (unpaired) electrons. The zero-order chi connectivity index (χ0) is 15.4. The zero-order valence-electron chi connectivity index (χ0n) is 11.7. The number of rotatable bonds is 5. The summed E-state index contributed by atoms with van der Waals surface area (Å²) >= 11 is 6.92. The molecule has 0 amide bonds. The summed E-state index contributed by atoms with van der Waals surface area (Å²) in [6, 6.07) is 10.6. The Morgan fingerprint density at radius 2 is 1.76 bits per heavy atom. The van der Waals surface area contributed by atoms with Gasteiger partial charge in [0, 0.05) is 14.9 Å².